The molecule has 0 atom stereocenters. The van der Waals surface area contributed by atoms with Crippen LogP contribution in [-0.4, -0.2) is 15.9 Å². The lowest BCUT2D eigenvalue weighted by atomic mass is 10.2. The molecule has 20 heavy (non-hydrogen) atoms. The van der Waals surface area contributed by atoms with Gasteiger partial charge in [-0.3, -0.25) is 15.6 Å². The van der Waals surface area contributed by atoms with Crippen molar-refractivity contribution in [2.24, 2.45) is 0 Å². The van der Waals surface area contributed by atoms with Gasteiger partial charge in [-0.25, -0.2) is 9.97 Å². The molecule has 2 aromatic rings. The minimum absolute atomic E-state index is 0.0516. The lowest BCUT2D eigenvalue weighted by Gasteiger charge is -2.08. The van der Waals surface area contributed by atoms with Crippen molar-refractivity contribution in [2.75, 3.05) is 5.43 Å². The number of amides is 1. The Bertz CT molecular complexity index is 548. The number of hydrogen-bond acceptors (Lipinski definition) is 5. The number of hydrazine groups is 1. The summed E-state index contributed by atoms with van der Waals surface area (Å²) in [6, 6.07) is 6.00. The van der Waals surface area contributed by atoms with Crippen LogP contribution >= 0.6 is 11.3 Å². The van der Waals surface area contributed by atoms with Gasteiger partial charge in [0.2, 0.25) is 11.9 Å². The monoisotopic (exact) mass is 290 g/mol. The highest BCUT2D eigenvalue weighted by molar-refractivity contribution is 7.09. The van der Waals surface area contributed by atoms with Gasteiger partial charge in [0, 0.05) is 22.7 Å². The van der Waals surface area contributed by atoms with Crippen LogP contribution in [-0.2, 0) is 11.2 Å². The molecule has 2 rings (SSSR count). The molecule has 5 nitrogen and oxygen atoms in total. The van der Waals surface area contributed by atoms with E-state index in [0.29, 0.717) is 12.4 Å². The van der Waals surface area contributed by atoms with Crippen LogP contribution in [0.3, 0.4) is 0 Å². The summed E-state index contributed by atoms with van der Waals surface area (Å²) in [6.45, 7) is 3.78. The number of anilines is 1. The molecule has 2 N–H and O–H groups in total. The number of aryl methyl sites for hydroxylation is 3. The summed E-state index contributed by atoms with van der Waals surface area (Å²) < 4.78 is 0. The molecule has 0 fully saturated rings. The molecule has 0 saturated heterocycles. The third-order valence-electron chi connectivity index (χ3n) is 2.70. The standard InChI is InChI=1S/C14H18N4OS/c1-10-9-11(2)16-14(15-10)18-17-13(19)7-3-5-12-6-4-8-20-12/h4,6,8-9H,3,5,7H2,1-2H3,(H,17,19)(H,15,16,18). The van der Waals surface area contributed by atoms with E-state index in [1.165, 1.54) is 4.88 Å². The van der Waals surface area contributed by atoms with Crippen LogP contribution < -0.4 is 10.9 Å². The maximum Gasteiger partial charge on any atom is 0.242 e. The summed E-state index contributed by atoms with van der Waals surface area (Å²) in [5, 5.41) is 2.05. The Morgan fingerprint density at radius 3 is 2.70 bits per heavy atom. The zero-order valence-corrected chi connectivity index (χ0v) is 12.5. The van der Waals surface area contributed by atoms with Crippen molar-refractivity contribution in [3.63, 3.8) is 0 Å². The van der Waals surface area contributed by atoms with Crippen LogP contribution in [0.25, 0.3) is 0 Å². The quantitative estimate of drug-likeness (QED) is 0.803. The first kappa shape index (κ1) is 14.5. The molecule has 0 aliphatic heterocycles. The van der Waals surface area contributed by atoms with Crippen LogP contribution in [0, 0.1) is 13.8 Å². The van der Waals surface area contributed by atoms with Crippen molar-refractivity contribution >= 4 is 23.2 Å². The third-order valence-corrected chi connectivity index (χ3v) is 3.64. The molecular formula is C14H18N4OS. The minimum Gasteiger partial charge on any atom is -0.273 e. The van der Waals surface area contributed by atoms with Gasteiger partial charge in [0.05, 0.1) is 0 Å². The smallest absolute Gasteiger partial charge is 0.242 e. The van der Waals surface area contributed by atoms with Crippen molar-refractivity contribution in [3.05, 3.63) is 39.8 Å². The normalized spacial score (nSPS) is 10.3. The number of carbonyl (C=O) groups excluding carboxylic acids is 1. The van der Waals surface area contributed by atoms with Gasteiger partial charge in [-0.05, 0) is 44.2 Å². The summed E-state index contributed by atoms with van der Waals surface area (Å²) in [7, 11) is 0. The summed E-state index contributed by atoms with van der Waals surface area (Å²) in [4.78, 5) is 21.4. The largest absolute Gasteiger partial charge is 0.273 e. The van der Waals surface area contributed by atoms with Gasteiger partial charge in [0.25, 0.3) is 0 Å². The molecule has 0 aromatic carbocycles. The highest BCUT2D eigenvalue weighted by Gasteiger charge is 2.04. The zero-order valence-electron chi connectivity index (χ0n) is 11.6. The van der Waals surface area contributed by atoms with Gasteiger partial charge in [-0.2, -0.15) is 0 Å². The predicted molar refractivity (Wildman–Crippen MR) is 80.5 cm³/mol. The third kappa shape index (κ3) is 4.62. The summed E-state index contributed by atoms with van der Waals surface area (Å²) in [5.74, 6) is 0.374. The topological polar surface area (TPSA) is 66.9 Å². The molecule has 2 heterocycles. The van der Waals surface area contributed by atoms with E-state index in [1.54, 1.807) is 11.3 Å². The van der Waals surface area contributed by atoms with Gasteiger partial charge in [-0.1, -0.05) is 6.07 Å². The van der Waals surface area contributed by atoms with Crippen LogP contribution in [0.15, 0.2) is 23.6 Å². The molecule has 0 aliphatic carbocycles. The van der Waals surface area contributed by atoms with Gasteiger partial charge in [0.15, 0.2) is 0 Å². The molecule has 0 aliphatic rings. The fraction of sp³-hybridized carbons (Fsp3) is 0.357. The number of carbonyl (C=O) groups is 1. The fourth-order valence-corrected chi connectivity index (χ4v) is 2.60. The second kappa shape index (κ2) is 7.00. The Labute approximate surface area is 122 Å². The van der Waals surface area contributed by atoms with Crippen molar-refractivity contribution in [3.8, 4) is 0 Å². The number of nitrogens with zero attached hydrogens (tertiary/aromatic N) is 2. The Morgan fingerprint density at radius 1 is 1.30 bits per heavy atom. The van der Waals surface area contributed by atoms with E-state index in [0.717, 1.165) is 24.2 Å². The number of thiophene rings is 1. The number of hydrogen-bond donors (Lipinski definition) is 2. The number of nitrogens with one attached hydrogen (secondary N) is 2. The fourth-order valence-electron chi connectivity index (χ4n) is 1.85. The second-order valence-electron chi connectivity index (χ2n) is 4.58. The average Bonchev–Trinajstić information content (AvgIpc) is 2.88. The first-order chi connectivity index (χ1) is 9.63. The van der Waals surface area contributed by atoms with E-state index in [2.05, 4.69) is 26.9 Å². The van der Waals surface area contributed by atoms with Crippen molar-refractivity contribution in [1.29, 1.82) is 0 Å². The molecule has 0 bridgehead atoms. The first-order valence-electron chi connectivity index (χ1n) is 6.53. The van der Waals surface area contributed by atoms with Crippen LogP contribution in [0.1, 0.15) is 29.1 Å². The first-order valence-corrected chi connectivity index (χ1v) is 7.41. The van der Waals surface area contributed by atoms with E-state index in [-0.39, 0.29) is 5.91 Å². The molecule has 2 aromatic heterocycles. The van der Waals surface area contributed by atoms with E-state index < -0.39 is 0 Å². The molecule has 1 amide bonds. The second-order valence-corrected chi connectivity index (χ2v) is 5.61. The van der Waals surface area contributed by atoms with Gasteiger partial charge in [-0.15, -0.1) is 11.3 Å². The van der Waals surface area contributed by atoms with E-state index >= 15 is 0 Å². The molecule has 0 saturated carbocycles. The zero-order chi connectivity index (χ0) is 14.4. The van der Waals surface area contributed by atoms with E-state index in [9.17, 15) is 4.79 Å². The van der Waals surface area contributed by atoms with Crippen molar-refractivity contribution in [2.45, 2.75) is 33.1 Å². The highest BCUT2D eigenvalue weighted by atomic mass is 32.1. The lowest BCUT2D eigenvalue weighted by molar-refractivity contribution is -0.120. The average molecular weight is 290 g/mol. The van der Waals surface area contributed by atoms with Gasteiger partial charge >= 0.3 is 0 Å². The van der Waals surface area contributed by atoms with Crippen molar-refractivity contribution < 1.29 is 4.79 Å². The van der Waals surface area contributed by atoms with E-state index in [4.69, 9.17) is 0 Å². The minimum atomic E-state index is -0.0516. The molecule has 0 spiro atoms. The maximum absolute atomic E-state index is 11.7. The maximum atomic E-state index is 11.7. The Hall–Kier alpha value is -1.95. The molecule has 0 unspecified atom stereocenters. The van der Waals surface area contributed by atoms with Crippen molar-refractivity contribution in [1.82, 2.24) is 15.4 Å². The summed E-state index contributed by atoms with van der Waals surface area (Å²) in [6.07, 6.45) is 2.25. The molecule has 106 valence electrons. The molecule has 6 heteroatoms. The highest BCUT2D eigenvalue weighted by Crippen LogP contribution is 2.11. The Morgan fingerprint density at radius 2 is 2.05 bits per heavy atom. The lowest BCUT2D eigenvalue weighted by Crippen LogP contribution is -2.30. The SMILES string of the molecule is Cc1cc(C)nc(NNC(=O)CCCc2cccs2)n1. The number of rotatable bonds is 6. The van der Waals surface area contributed by atoms with E-state index in [1.807, 2.05) is 31.4 Å². The van der Waals surface area contributed by atoms with Gasteiger partial charge < -0.3 is 0 Å². The Balaban J connectivity index is 1.72. The van der Waals surface area contributed by atoms with Crippen LogP contribution in [0.2, 0.25) is 0 Å². The molecular weight excluding hydrogens is 272 g/mol. The van der Waals surface area contributed by atoms with Gasteiger partial charge in [0.1, 0.15) is 0 Å². The predicted octanol–water partition coefficient (Wildman–Crippen LogP) is 2.62. The number of aromatic nitrogens is 2. The van der Waals surface area contributed by atoms with Crippen LogP contribution in [0.4, 0.5) is 5.95 Å². The molecule has 0 radical (unpaired) electrons. The Kier molecular flexibility index (Phi) is 5.06. The van der Waals surface area contributed by atoms with Crippen LogP contribution in [0.5, 0.6) is 0 Å². The summed E-state index contributed by atoms with van der Waals surface area (Å²) >= 11 is 1.72. The summed E-state index contributed by atoms with van der Waals surface area (Å²) in [5.41, 5.74) is 7.11.